The van der Waals surface area contributed by atoms with Crippen molar-refractivity contribution in [3.05, 3.63) is 71.3 Å². The van der Waals surface area contributed by atoms with Crippen molar-refractivity contribution in [1.29, 1.82) is 0 Å². The first-order valence-corrected chi connectivity index (χ1v) is 8.14. The van der Waals surface area contributed by atoms with E-state index < -0.39 is 0 Å². The Balaban J connectivity index is 2.78. The molecule has 0 amide bonds. The second-order valence-electron chi connectivity index (χ2n) is 6.05. The molecule has 0 saturated carbocycles. The number of benzene rings is 1. The molecule has 2 heteroatoms. The van der Waals surface area contributed by atoms with Gasteiger partial charge in [-0.05, 0) is 49.5 Å². The van der Waals surface area contributed by atoms with Crippen LogP contribution in [0.1, 0.15) is 44.9 Å². The molecule has 22 heavy (non-hydrogen) atoms. The third kappa shape index (κ3) is 5.98. The van der Waals surface area contributed by atoms with E-state index in [2.05, 4.69) is 76.0 Å². The zero-order chi connectivity index (χ0) is 16.7. The number of allylic oxidation sites excluding steroid dienone is 4. The number of rotatable bonds is 6. The maximum absolute atomic E-state index is 5.52. The Morgan fingerprint density at radius 1 is 1.18 bits per heavy atom. The summed E-state index contributed by atoms with van der Waals surface area (Å²) in [5.41, 5.74) is 4.67. The lowest BCUT2D eigenvalue weighted by molar-refractivity contribution is 0.723. The summed E-state index contributed by atoms with van der Waals surface area (Å²) < 4.78 is 0. The lowest BCUT2D eigenvalue weighted by Crippen LogP contribution is -2.25. The van der Waals surface area contributed by atoms with Crippen molar-refractivity contribution in [1.82, 2.24) is 5.32 Å². The summed E-state index contributed by atoms with van der Waals surface area (Å²) in [6.07, 6.45) is 6.14. The first-order chi connectivity index (χ1) is 10.3. The minimum absolute atomic E-state index is 0.192. The van der Waals surface area contributed by atoms with Crippen molar-refractivity contribution in [2.24, 2.45) is 5.92 Å². The molecule has 0 fully saturated rings. The predicted molar refractivity (Wildman–Crippen MR) is 102 cm³/mol. The minimum Gasteiger partial charge on any atom is -0.370 e. The van der Waals surface area contributed by atoms with E-state index in [0.29, 0.717) is 5.92 Å². The van der Waals surface area contributed by atoms with Crippen LogP contribution in [0.4, 0.5) is 0 Å². The molecule has 1 N–H and O–H groups in total. The van der Waals surface area contributed by atoms with Crippen molar-refractivity contribution in [2.45, 2.75) is 40.7 Å². The molecule has 0 aliphatic heterocycles. The van der Waals surface area contributed by atoms with Crippen LogP contribution in [0.2, 0.25) is 0 Å². The van der Waals surface area contributed by atoms with Gasteiger partial charge in [0.1, 0.15) is 4.99 Å². The molecule has 1 aromatic rings. The van der Waals surface area contributed by atoms with Gasteiger partial charge >= 0.3 is 0 Å². The summed E-state index contributed by atoms with van der Waals surface area (Å²) in [6.45, 7) is 14.4. The minimum atomic E-state index is 0.192. The van der Waals surface area contributed by atoms with E-state index in [4.69, 9.17) is 12.2 Å². The molecule has 1 rings (SSSR count). The fourth-order valence-corrected chi connectivity index (χ4v) is 2.36. The van der Waals surface area contributed by atoms with E-state index in [1.54, 1.807) is 0 Å². The van der Waals surface area contributed by atoms with Crippen LogP contribution in [0.25, 0.3) is 0 Å². The highest BCUT2D eigenvalue weighted by atomic mass is 32.1. The van der Waals surface area contributed by atoms with Crippen LogP contribution in [0.15, 0.2) is 60.2 Å². The van der Waals surface area contributed by atoms with Crippen molar-refractivity contribution >= 4 is 17.2 Å². The molecule has 0 aliphatic rings. The fourth-order valence-electron chi connectivity index (χ4n) is 2.12. The monoisotopic (exact) mass is 313 g/mol. The molecule has 1 aromatic carbocycles. The standard InChI is InChI=1S/C20H27NS/c1-7-18(12-14(2)3)13-16(5)20(22)21-17(6)19-10-8-15(4)9-11-19/h7-14,17H,1H2,2-6H3,(H,21,22)/b16-13+,18-12-. The number of hydrogen-bond acceptors (Lipinski definition) is 1. The third-order valence-corrected chi connectivity index (χ3v) is 3.87. The van der Waals surface area contributed by atoms with Gasteiger partial charge in [0, 0.05) is 6.04 Å². The highest BCUT2D eigenvalue weighted by molar-refractivity contribution is 7.80. The maximum atomic E-state index is 5.52. The molecule has 0 bridgehead atoms. The van der Waals surface area contributed by atoms with Gasteiger partial charge in [0.15, 0.2) is 0 Å². The van der Waals surface area contributed by atoms with E-state index in [9.17, 15) is 0 Å². The van der Waals surface area contributed by atoms with Crippen LogP contribution in [0, 0.1) is 12.8 Å². The number of nitrogens with one attached hydrogen (secondary N) is 1. The van der Waals surface area contributed by atoms with Crippen LogP contribution < -0.4 is 5.32 Å². The van der Waals surface area contributed by atoms with Crippen LogP contribution in [0.3, 0.4) is 0 Å². The SMILES string of the molecule is C=CC(=C/C(C)C)/C=C(\C)C(=S)NC(C)c1ccc(C)cc1. The van der Waals surface area contributed by atoms with Crippen molar-refractivity contribution in [3.8, 4) is 0 Å². The molecule has 0 spiro atoms. The topological polar surface area (TPSA) is 12.0 Å². The van der Waals surface area contributed by atoms with Gasteiger partial charge in [0.05, 0.1) is 0 Å². The van der Waals surface area contributed by atoms with Crippen LogP contribution in [0.5, 0.6) is 0 Å². The summed E-state index contributed by atoms with van der Waals surface area (Å²) in [7, 11) is 0. The molecule has 1 atom stereocenters. The third-order valence-electron chi connectivity index (χ3n) is 3.43. The first kappa shape index (κ1) is 18.4. The van der Waals surface area contributed by atoms with Gasteiger partial charge in [0.25, 0.3) is 0 Å². The van der Waals surface area contributed by atoms with E-state index in [-0.39, 0.29) is 6.04 Å². The molecule has 0 heterocycles. The maximum Gasteiger partial charge on any atom is 0.102 e. The summed E-state index contributed by atoms with van der Waals surface area (Å²) in [4.78, 5) is 0.782. The van der Waals surface area contributed by atoms with Gasteiger partial charge in [-0.15, -0.1) is 0 Å². The van der Waals surface area contributed by atoms with E-state index in [1.165, 1.54) is 11.1 Å². The van der Waals surface area contributed by atoms with Crippen molar-refractivity contribution in [2.75, 3.05) is 0 Å². The zero-order valence-corrected chi connectivity index (χ0v) is 15.1. The molecule has 0 aromatic heterocycles. The van der Waals surface area contributed by atoms with Gasteiger partial charge in [0.2, 0.25) is 0 Å². The normalized spacial score (nSPS) is 13.9. The molecular formula is C20H27NS. The Morgan fingerprint density at radius 3 is 2.27 bits per heavy atom. The van der Waals surface area contributed by atoms with Gasteiger partial charge in [-0.25, -0.2) is 0 Å². The van der Waals surface area contributed by atoms with Crippen molar-refractivity contribution in [3.63, 3.8) is 0 Å². The smallest absolute Gasteiger partial charge is 0.102 e. The molecule has 1 nitrogen and oxygen atoms in total. The van der Waals surface area contributed by atoms with E-state index in [1.807, 2.05) is 13.0 Å². The number of aryl methyl sites for hydroxylation is 1. The Bertz CT molecular complexity index is 576. The average Bonchev–Trinajstić information content (AvgIpc) is 2.46. The number of thiocarbonyl (C=S) groups is 1. The highest BCUT2D eigenvalue weighted by Gasteiger charge is 2.08. The first-order valence-electron chi connectivity index (χ1n) is 7.73. The lowest BCUT2D eigenvalue weighted by Gasteiger charge is -2.17. The van der Waals surface area contributed by atoms with Crippen LogP contribution in [-0.2, 0) is 0 Å². The quantitative estimate of drug-likeness (QED) is 0.411. The van der Waals surface area contributed by atoms with Gasteiger partial charge in [-0.2, -0.15) is 0 Å². The fraction of sp³-hybridized carbons (Fsp3) is 0.350. The summed E-state index contributed by atoms with van der Waals surface area (Å²) in [5.74, 6) is 0.491. The molecule has 0 aliphatic carbocycles. The zero-order valence-electron chi connectivity index (χ0n) is 14.3. The average molecular weight is 314 g/mol. The van der Waals surface area contributed by atoms with E-state index in [0.717, 1.165) is 16.1 Å². The Kier molecular flexibility index (Phi) is 7.26. The summed E-state index contributed by atoms with van der Waals surface area (Å²) in [6, 6.07) is 8.73. The molecule has 0 saturated heterocycles. The Hall–Kier alpha value is -1.67. The Morgan fingerprint density at radius 2 is 1.77 bits per heavy atom. The number of hydrogen-bond donors (Lipinski definition) is 1. The van der Waals surface area contributed by atoms with Gasteiger partial charge in [-0.1, -0.05) is 74.6 Å². The van der Waals surface area contributed by atoms with Crippen LogP contribution in [-0.4, -0.2) is 4.99 Å². The molecular weight excluding hydrogens is 286 g/mol. The Labute approximate surface area is 140 Å². The van der Waals surface area contributed by atoms with E-state index >= 15 is 0 Å². The summed E-state index contributed by atoms with van der Waals surface area (Å²) >= 11 is 5.52. The predicted octanol–water partition coefficient (Wildman–Crippen LogP) is 5.69. The van der Waals surface area contributed by atoms with Gasteiger partial charge in [-0.3, -0.25) is 0 Å². The highest BCUT2D eigenvalue weighted by Crippen LogP contribution is 2.15. The van der Waals surface area contributed by atoms with Crippen molar-refractivity contribution < 1.29 is 0 Å². The second-order valence-corrected chi connectivity index (χ2v) is 6.46. The molecule has 1 unspecified atom stereocenters. The second kappa shape index (κ2) is 8.70. The summed E-state index contributed by atoms with van der Waals surface area (Å²) in [5, 5.41) is 3.40. The lowest BCUT2D eigenvalue weighted by atomic mass is 10.0. The molecule has 118 valence electrons. The van der Waals surface area contributed by atoms with Crippen LogP contribution >= 0.6 is 12.2 Å². The largest absolute Gasteiger partial charge is 0.370 e. The van der Waals surface area contributed by atoms with Gasteiger partial charge < -0.3 is 5.32 Å². The molecule has 0 radical (unpaired) electrons.